The average Bonchev–Trinajstić information content (AvgIpc) is 2.36. The van der Waals surface area contributed by atoms with E-state index in [2.05, 4.69) is 27.9 Å². The van der Waals surface area contributed by atoms with Gasteiger partial charge in [0.2, 0.25) is 5.91 Å². The number of hydrogen-bond donors (Lipinski definition) is 2. The van der Waals surface area contributed by atoms with Gasteiger partial charge in [0.1, 0.15) is 0 Å². The number of aliphatic hydroxyl groups excluding tert-OH is 1. The zero-order valence-corrected chi connectivity index (χ0v) is 9.24. The van der Waals surface area contributed by atoms with Gasteiger partial charge in [-0.25, -0.2) is 0 Å². The van der Waals surface area contributed by atoms with Crippen molar-refractivity contribution in [1.82, 2.24) is 5.32 Å². The summed E-state index contributed by atoms with van der Waals surface area (Å²) in [5.41, 5.74) is 0. The van der Waals surface area contributed by atoms with Crippen LogP contribution < -0.4 is 5.32 Å². The van der Waals surface area contributed by atoms with Crippen molar-refractivity contribution in [3.8, 4) is 0 Å². The van der Waals surface area contributed by atoms with Gasteiger partial charge in [-0.3, -0.25) is 4.79 Å². The van der Waals surface area contributed by atoms with Gasteiger partial charge in [-0.05, 0) is 26.2 Å². The molecule has 0 radical (unpaired) electrons. The summed E-state index contributed by atoms with van der Waals surface area (Å²) in [6.07, 6.45) is 2.42. The van der Waals surface area contributed by atoms with Crippen LogP contribution in [0.1, 0.15) is 26.2 Å². The second-order valence-electron chi connectivity index (χ2n) is 3.23. The zero-order chi connectivity index (χ0) is 9.14. The van der Waals surface area contributed by atoms with E-state index in [4.69, 9.17) is 0 Å². The lowest BCUT2D eigenvalue weighted by atomic mass is 10.2. The fourth-order valence-corrected chi connectivity index (χ4v) is 1.59. The van der Waals surface area contributed by atoms with Gasteiger partial charge in [-0.1, -0.05) is 22.6 Å². The molecule has 1 aliphatic rings. The van der Waals surface area contributed by atoms with Crippen LogP contribution in [0.4, 0.5) is 0 Å². The van der Waals surface area contributed by atoms with Crippen LogP contribution in [-0.4, -0.2) is 27.1 Å². The Balaban J connectivity index is 2.35. The molecule has 1 aliphatic carbocycles. The van der Waals surface area contributed by atoms with E-state index in [-0.39, 0.29) is 22.0 Å². The molecule has 0 aromatic heterocycles. The topological polar surface area (TPSA) is 49.3 Å². The van der Waals surface area contributed by atoms with E-state index < -0.39 is 0 Å². The summed E-state index contributed by atoms with van der Waals surface area (Å²) in [6, 6.07) is -0.00489. The molecule has 70 valence electrons. The SMILES string of the molecule is CC(I)C(=O)NC1CCCC1O. The smallest absolute Gasteiger partial charge is 0.232 e. The minimum Gasteiger partial charge on any atom is -0.391 e. The lowest BCUT2D eigenvalue weighted by Crippen LogP contribution is -2.42. The molecular formula is C8H14INO2. The Kier molecular flexibility index (Phi) is 3.77. The van der Waals surface area contributed by atoms with E-state index >= 15 is 0 Å². The summed E-state index contributed by atoms with van der Waals surface area (Å²) < 4.78 is -0.0181. The summed E-state index contributed by atoms with van der Waals surface area (Å²) in [4.78, 5) is 11.2. The maximum Gasteiger partial charge on any atom is 0.232 e. The van der Waals surface area contributed by atoms with Crippen molar-refractivity contribution in [1.29, 1.82) is 0 Å². The van der Waals surface area contributed by atoms with Gasteiger partial charge < -0.3 is 10.4 Å². The predicted octanol–water partition coefficient (Wildman–Crippen LogP) is 0.839. The molecule has 0 saturated heterocycles. The Labute approximate surface area is 86.1 Å². The first-order valence-corrected chi connectivity index (χ1v) is 5.48. The summed E-state index contributed by atoms with van der Waals surface area (Å²) in [5, 5.41) is 12.2. The van der Waals surface area contributed by atoms with Gasteiger partial charge in [0.15, 0.2) is 0 Å². The molecule has 1 amide bonds. The third-order valence-corrected chi connectivity index (χ3v) is 2.73. The number of alkyl halides is 1. The molecule has 1 saturated carbocycles. The van der Waals surface area contributed by atoms with Crippen LogP contribution in [0.15, 0.2) is 0 Å². The zero-order valence-electron chi connectivity index (χ0n) is 7.09. The highest BCUT2D eigenvalue weighted by molar-refractivity contribution is 14.1. The molecule has 12 heavy (non-hydrogen) atoms. The van der Waals surface area contributed by atoms with E-state index in [1.165, 1.54) is 0 Å². The largest absolute Gasteiger partial charge is 0.391 e. The van der Waals surface area contributed by atoms with Gasteiger partial charge in [0, 0.05) is 0 Å². The maximum atomic E-state index is 11.2. The van der Waals surface area contributed by atoms with Crippen LogP contribution in [0.2, 0.25) is 0 Å². The fraction of sp³-hybridized carbons (Fsp3) is 0.875. The van der Waals surface area contributed by atoms with Crippen molar-refractivity contribution in [2.45, 2.75) is 42.3 Å². The number of aliphatic hydroxyl groups is 1. The number of hydrogen-bond acceptors (Lipinski definition) is 2. The van der Waals surface area contributed by atoms with E-state index in [1.807, 2.05) is 6.92 Å². The summed E-state index contributed by atoms with van der Waals surface area (Å²) in [5.74, 6) is 0.0292. The van der Waals surface area contributed by atoms with Crippen LogP contribution in [-0.2, 0) is 4.79 Å². The Morgan fingerprint density at radius 3 is 2.75 bits per heavy atom. The number of carbonyl (C=O) groups is 1. The molecule has 1 fully saturated rings. The molecule has 3 nitrogen and oxygen atoms in total. The van der Waals surface area contributed by atoms with Crippen molar-refractivity contribution in [3.05, 3.63) is 0 Å². The van der Waals surface area contributed by atoms with Gasteiger partial charge in [0.25, 0.3) is 0 Å². The van der Waals surface area contributed by atoms with Gasteiger partial charge in [-0.2, -0.15) is 0 Å². The number of halogens is 1. The standard InChI is InChI=1S/C8H14INO2/c1-5(9)8(12)10-6-3-2-4-7(6)11/h5-7,11H,2-4H2,1H3,(H,10,12). The molecule has 0 aromatic rings. The van der Waals surface area contributed by atoms with E-state index in [0.29, 0.717) is 0 Å². The highest BCUT2D eigenvalue weighted by atomic mass is 127. The molecule has 0 heterocycles. The summed E-state index contributed by atoms with van der Waals surface area (Å²) in [6.45, 7) is 1.84. The van der Waals surface area contributed by atoms with Crippen LogP contribution in [0.3, 0.4) is 0 Å². The monoisotopic (exact) mass is 283 g/mol. The molecule has 0 aliphatic heterocycles. The Morgan fingerprint density at radius 1 is 1.67 bits per heavy atom. The quantitative estimate of drug-likeness (QED) is 0.583. The Hall–Kier alpha value is 0.160. The van der Waals surface area contributed by atoms with Crippen molar-refractivity contribution in [2.75, 3.05) is 0 Å². The molecule has 3 atom stereocenters. The first-order valence-electron chi connectivity index (χ1n) is 4.24. The highest BCUT2D eigenvalue weighted by Crippen LogP contribution is 2.19. The molecule has 2 N–H and O–H groups in total. The van der Waals surface area contributed by atoms with E-state index in [0.717, 1.165) is 19.3 Å². The van der Waals surface area contributed by atoms with Crippen LogP contribution in [0.25, 0.3) is 0 Å². The molecule has 4 heteroatoms. The van der Waals surface area contributed by atoms with Gasteiger partial charge in [0.05, 0.1) is 16.1 Å². The normalized spacial score (nSPS) is 31.6. The number of amides is 1. The molecule has 3 unspecified atom stereocenters. The average molecular weight is 283 g/mol. The minimum absolute atomic E-state index is 0.00489. The molecule has 1 rings (SSSR count). The second kappa shape index (κ2) is 4.41. The van der Waals surface area contributed by atoms with Gasteiger partial charge >= 0.3 is 0 Å². The Morgan fingerprint density at radius 2 is 2.33 bits per heavy atom. The number of nitrogens with one attached hydrogen (secondary N) is 1. The van der Waals surface area contributed by atoms with E-state index in [9.17, 15) is 9.90 Å². The minimum atomic E-state index is -0.330. The molecule has 0 bridgehead atoms. The van der Waals surface area contributed by atoms with Crippen molar-refractivity contribution in [2.24, 2.45) is 0 Å². The predicted molar refractivity (Wildman–Crippen MR) is 55.3 cm³/mol. The molecular weight excluding hydrogens is 269 g/mol. The van der Waals surface area contributed by atoms with Crippen LogP contribution in [0.5, 0.6) is 0 Å². The highest BCUT2D eigenvalue weighted by Gasteiger charge is 2.27. The number of rotatable bonds is 2. The van der Waals surface area contributed by atoms with E-state index in [1.54, 1.807) is 0 Å². The fourth-order valence-electron chi connectivity index (χ4n) is 1.41. The second-order valence-corrected chi connectivity index (χ2v) is 5.10. The van der Waals surface area contributed by atoms with Crippen molar-refractivity contribution >= 4 is 28.5 Å². The summed E-state index contributed by atoms with van der Waals surface area (Å²) in [7, 11) is 0. The first kappa shape index (κ1) is 10.2. The Bertz CT molecular complexity index is 172. The van der Waals surface area contributed by atoms with Crippen LogP contribution >= 0.6 is 22.6 Å². The lowest BCUT2D eigenvalue weighted by Gasteiger charge is -2.17. The van der Waals surface area contributed by atoms with Crippen molar-refractivity contribution < 1.29 is 9.90 Å². The molecule has 0 spiro atoms. The van der Waals surface area contributed by atoms with Crippen LogP contribution in [0, 0.1) is 0 Å². The first-order chi connectivity index (χ1) is 5.61. The third-order valence-electron chi connectivity index (χ3n) is 2.17. The maximum absolute atomic E-state index is 11.2. The lowest BCUT2D eigenvalue weighted by molar-refractivity contribution is -0.121. The van der Waals surface area contributed by atoms with Crippen molar-refractivity contribution in [3.63, 3.8) is 0 Å². The third kappa shape index (κ3) is 2.58. The van der Waals surface area contributed by atoms with Gasteiger partial charge in [-0.15, -0.1) is 0 Å². The summed E-state index contributed by atoms with van der Waals surface area (Å²) >= 11 is 2.07. The molecule has 0 aromatic carbocycles. The number of carbonyl (C=O) groups excluding carboxylic acids is 1.